The van der Waals surface area contributed by atoms with Crippen LogP contribution in [0.1, 0.15) is 12.5 Å². The number of aromatic nitrogens is 2. The molecule has 0 unspecified atom stereocenters. The molecule has 0 saturated carbocycles. The van der Waals surface area contributed by atoms with Crippen molar-refractivity contribution >= 4 is 16.8 Å². The highest BCUT2D eigenvalue weighted by Crippen LogP contribution is 2.13. The van der Waals surface area contributed by atoms with Crippen LogP contribution in [0.3, 0.4) is 0 Å². The van der Waals surface area contributed by atoms with Crippen molar-refractivity contribution in [3.8, 4) is 11.8 Å². The molecule has 0 radical (unpaired) electrons. The average molecular weight is 227 g/mol. The minimum Gasteiger partial charge on any atom is -0.345 e. The molecule has 1 N–H and O–H groups in total. The molecular formula is C13H13N3O. The molecule has 4 nitrogen and oxygen atoms in total. The van der Waals surface area contributed by atoms with Gasteiger partial charge in [0.2, 0.25) is 5.91 Å². The van der Waals surface area contributed by atoms with Crippen LogP contribution in [0.2, 0.25) is 0 Å². The topological polar surface area (TPSA) is 46.9 Å². The van der Waals surface area contributed by atoms with Gasteiger partial charge in [0.15, 0.2) is 0 Å². The molecule has 1 aromatic heterocycles. The smallest absolute Gasteiger partial charge is 0.217 e. The van der Waals surface area contributed by atoms with Gasteiger partial charge in [0.25, 0.3) is 0 Å². The van der Waals surface area contributed by atoms with Crippen LogP contribution in [0.15, 0.2) is 24.4 Å². The minimum atomic E-state index is -0.0682. The van der Waals surface area contributed by atoms with Crippen molar-refractivity contribution in [2.45, 2.75) is 6.92 Å². The van der Waals surface area contributed by atoms with E-state index in [1.165, 1.54) is 6.92 Å². The number of carbonyl (C=O) groups is 1. The average Bonchev–Trinajstić information content (AvgIpc) is 2.66. The van der Waals surface area contributed by atoms with E-state index in [2.05, 4.69) is 22.3 Å². The van der Waals surface area contributed by atoms with Gasteiger partial charge >= 0.3 is 0 Å². The van der Waals surface area contributed by atoms with E-state index in [-0.39, 0.29) is 5.91 Å². The third kappa shape index (κ3) is 2.64. The fraction of sp³-hybridized carbons (Fsp3) is 0.231. The van der Waals surface area contributed by atoms with Crippen molar-refractivity contribution in [3.05, 3.63) is 30.0 Å². The highest BCUT2D eigenvalue weighted by atomic mass is 16.1. The van der Waals surface area contributed by atoms with Gasteiger partial charge in [0, 0.05) is 24.9 Å². The van der Waals surface area contributed by atoms with Gasteiger partial charge in [-0.2, -0.15) is 5.10 Å². The first-order valence-corrected chi connectivity index (χ1v) is 5.32. The van der Waals surface area contributed by atoms with E-state index in [1.54, 1.807) is 0 Å². The second kappa shape index (κ2) is 4.71. The maximum Gasteiger partial charge on any atom is 0.217 e. The Hall–Kier alpha value is -2.28. The first kappa shape index (κ1) is 11.2. The number of benzene rings is 1. The summed E-state index contributed by atoms with van der Waals surface area (Å²) in [7, 11) is 1.90. The number of nitrogens with one attached hydrogen (secondary N) is 1. The number of rotatable bonds is 1. The summed E-state index contributed by atoms with van der Waals surface area (Å²) >= 11 is 0. The van der Waals surface area contributed by atoms with E-state index in [9.17, 15) is 4.79 Å². The third-order valence-corrected chi connectivity index (χ3v) is 2.41. The van der Waals surface area contributed by atoms with Crippen LogP contribution in [0.25, 0.3) is 10.9 Å². The number of fused-ring (bicyclic) bond motifs is 1. The molecule has 2 rings (SSSR count). The van der Waals surface area contributed by atoms with E-state index in [4.69, 9.17) is 0 Å². The quantitative estimate of drug-likeness (QED) is 0.740. The third-order valence-electron chi connectivity index (χ3n) is 2.41. The number of nitrogens with zero attached hydrogens (tertiary/aromatic N) is 2. The molecular weight excluding hydrogens is 214 g/mol. The number of hydrogen-bond acceptors (Lipinski definition) is 2. The molecule has 2 aromatic rings. The lowest BCUT2D eigenvalue weighted by Crippen LogP contribution is -2.19. The summed E-state index contributed by atoms with van der Waals surface area (Å²) in [5, 5.41) is 7.89. The van der Waals surface area contributed by atoms with Gasteiger partial charge in [-0.25, -0.2) is 0 Å². The summed E-state index contributed by atoms with van der Waals surface area (Å²) < 4.78 is 1.81. The second-order valence-electron chi connectivity index (χ2n) is 3.75. The van der Waals surface area contributed by atoms with Crippen molar-refractivity contribution < 1.29 is 4.79 Å². The first-order valence-electron chi connectivity index (χ1n) is 5.32. The molecule has 1 aromatic carbocycles. The Morgan fingerprint density at radius 2 is 2.35 bits per heavy atom. The molecule has 1 amide bonds. The Balaban J connectivity index is 2.18. The van der Waals surface area contributed by atoms with E-state index in [0.29, 0.717) is 6.54 Å². The van der Waals surface area contributed by atoms with E-state index in [0.717, 1.165) is 16.5 Å². The SMILES string of the molecule is CC(=O)NCC#Cc1ccc2cnn(C)c2c1. The molecule has 0 saturated heterocycles. The molecule has 1 heterocycles. The van der Waals surface area contributed by atoms with E-state index < -0.39 is 0 Å². The monoisotopic (exact) mass is 227 g/mol. The van der Waals surface area contributed by atoms with Crippen LogP contribution in [0.5, 0.6) is 0 Å². The zero-order valence-electron chi connectivity index (χ0n) is 9.82. The molecule has 4 heteroatoms. The maximum atomic E-state index is 10.6. The van der Waals surface area contributed by atoms with Gasteiger partial charge in [0.05, 0.1) is 18.3 Å². The Bertz CT molecular complexity index is 616. The summed E-state index contributed by atoms with van der Waals surface area (Å²) in [5.41, 5.74) is 1.97. The van der Waals surface area contributed by atoms with Crippen LogP contribution in [0, 0.1) is 11.8 Å². The Labute approximate surface area is 99.6 Å². The van der Waals surface area contributed by atoms with Crippen molar-refractivity contribution in [1.29, 1.82) is 0 Å². The molecule has 0 atom stereocenters. The van der Waals surface area contributed by atoms with E-state index >= 15 is 0 Å². The predicted molar refractivity (Wildman–Crippen MR) is 66.3 cm³/mol. The number of hydrogen-bond donors (Lipinski definition) is 1. The highest BCUT2D eigenvalue weighted by Gasteiger charge is 1.98. The van der Waals surface area contributed by atoms with Gasteiger partial charge < -0.3 is 5.32 Å². The van der Waals surface area contributed by atoms with Crippen LogP contribution in [0.4, 0.5) is 0 Å². The second-order valence-corrected chi connectivity index (χ2v) is 3.75. The standard InChI is InChI=1S/C13H13N3O/c1-10(17)14-7-3-4-11-5-6-12-9-15-16(2)13(12)8-11/h5-6,8-9H,7H2,1-2H3,(H,14,17). The fourth-order valence-electron chi connectivity index (χ4n) is 1.54. The molecule has 86 valence electrons. The number of aryl methyl sites for hydroxylation is 1. The summed E-state index contributed by atoms with van der Waals surface area (Å²) in [5.74, 6) is 5.83. The zero-order valence-corrected chi connectivity index (χ0v) is 9.82. The zero-order chi connectivity index (χ0) is 12.3. The van der Waals surface area contributed by atoms with Crippen molar-refractivity contribution in [2.75, 3.05) is 6.54 Å². The molecule has 0 aliphatic carbocycles. The highest BCUT2D eigenvalue weighted by molar-refractivity contribution is 5.80. The molecule has 0 aliphatic rings. The van der Waals surface area contributed by atoms with Gasteiger partial charge in [-0.1, -0.05) is 11.8 Å². The van der Waals surface area contributed by atoms with Crippen LogP contribution >= 0.6 is 0 Å². The summed E-state index contributed by atoms with van der Waals surface area (Å²) in [6, 6.07) is 5.93. The van der Waals surface area contributed by atoms with Gasteiger partial charge in [-0.3, -0.25) is 9.48 Å². The lowest BCUT2D eigenvalue weighted by atomic mass is 10.2. The lowest BCUT2D eigenvalue weighted by Gasteiger charge is -1.95. The molecule has 0 spiro atoms. The van der Waals surface area contributed by atoms with Crippen LogP contribution in [-0.4, -0.2) is 22.2 Å². The Kier molecular flexibility index (Phi) is 3.10. The molecule has 17 heavy (non-hydrogen) atoms. The van der Waals surface area contributed by atoms with Gasteiger partial charge in [-0.05, 0) is 18.2 Å². The summed E-state index contributed by atoms with van der Waals surface area (Å²) in [6.45, 7) is 1.85. The Morgan fingerprint density at radius 1 is 1.53 bits per heavy atom. The first-order chi connectivity index (χ1) is 8.16. The van der Waals surface area contributed by atoms with Crippen molar-refractivity contribution in [3.63, 3.8) is 0 Å². The lowest BCUT2D eigenvalue weighted by molar-refractivity contribution is -0.118. The largest absolute Gasteiger partial charge is 0.345 e. The number of carbonyl (C=O) groups excluding carboxylic acids is 1. The fourth-order valence-corrected chi connectivity index (χ4v) is 1.54. The maximum absolute atomic E-state index is 10.6. The minimum absolute atomic E-state index is 0.0682. The van der Waals surface area contributed by atoms with Crippen molar-refractivity contribution in [1.82, 2.24) is 15.1 Å². The van der Waals surface area contributed by atoms with Gasteiger partial charge in [0.1, 0.15) is 0 Å². The normalized spacial score (nSPS) is 9.76. The summed E-state index contributed by atoms with van der Waals surface area (Å²) in [4.78, 5) is 10.6. The van der Waals surface area contributed by atoms with Crippen LogP contribution in [-0.2, 0) is 11.8 Å². The number of amides is 1. The molecule has 0 bridgehead atoms. The van der Waals surface area contributed by atoms with Crippen LogP contribution < -0.4 is 5.32 Å². The molecule has 0 fully saturated rings. The van der Waals surface area contributed by atoms with E-state index in [1.807, 2.05) is 36.1 Å². The predicted octanol–water partition coefficient (Wildman–Crippen LogP) is 1.06. The van der Waals surface area contributed by atoms with Crippen molar-refractivity contribution in [2.24, 2.45) is 7.05 Å². The van der Waals surface area contributed by atoms with Gasteiger partial charge in [-0.15, -0.1) is 0 Å². The summed E-state index contributed by atoms with van der Waals surface area (Å²) in [6.07, 6.45) is 1.82. The molecule has 0 aliphatic heterocycles. The Morgan fingerprint density at radius 3 is 3.12 bits per heavy atom.